The first-order valence-corrected chi connectivity index (χ1v) is 11.9. The minimum Gasteiger partial charge on any atom is -0.481 e. The van der Waals surface area contributed by atoms with Crippen LogP contribution in [-0.4, -0.2) is 11.1 Å². The molecular weight excluding hydrogens is 320 g/mol. The Balaban J connectivity index is 3.60. The van der Waals surface area contributed by atoms with Gasteiger partial charge in [-0.15, -0.1) is 0 Å². The Morgan fingerprint density at radius 2 is 1.12 bits per heavy atom. The molecule has 26 heavy (non-hydrogen) atoms. The first-order chi connectivity index (χ1) is 12.7. The van der Waals surface area contributed by atoms with Crippen LogP contribution in [0.2, 0.25) is 0 Å². The topological polar surface area (TPSA) is 37.3 Å². The summed E-state index contributed by atoms with van der Waals surface area (Å²) in [6.45, 7) is 6.65. The van der Waals surface area contributed by atoms with Crippen molar-refractivity contribution in [1.82, 2.24) is 0 Å². The van der Waals surface area contributed by atoms with E-state index in [-0.39, 0.29) is 5.92 Å². The SMILES string of the molecule is CCCCCCCCCCCCCCC(CC)CC(CCCC)C(=O)O. The number of carbonyl (C=O) groups is 1. The van der Waals surface area contributed by atoms with Crippen molar-refractivity contribution in [2.75, 3.05) is 0 Å². The molecule has 0 aliphatic heterocycles. The van der Waals surface area contributed by atoms with E-state index < -0.39 is 5.97 Å². The van der Waals surface area contributed by atoms with E-state index in [4.69, 9.17) is 0 Å². The fourth-order valence-corrected chi connectivity index (χ4v) is 3.96. The molecular formula is C24H48O2. The molecule has 0 bridgehead atoms. The molecule has 2 unspecified atom stereocenters. The van der Waals surface area contributed by atoms with Gasteiger partial charge in [0, 0.05) is 0 Å². The van der Waals surface area contributed by atoms with Crippen LogP contribution in [0.3, 0.4) is 0 Å². The molecule has 2 nitrogen and oxygen atoms in total. The van der Waals surface area contributed by atoms with Gasteiger partial charge in [-0.2, -0.15) is 0 Å². The summed E-state index contributed by atoms with van der Waals surface area (Å²) in [5.74, 6) is -0.0834. The molecule has 0 rings (SSSR count). The molecule has 0 aliphatic rings. The third-order valence-corrected chi connectivity index (χ3v) is 5.92. The monoisotopic (exact) mass is 368 g/mol. The number of aliphatic carboxylic acids is 1. The molecule has 0 saturated carbocycles. The first-order valence-electron chi connectivity index (χ1n) is 11.9. The second-order valence-electron chi connectivity index (χ2n) is 8.37. The van der Waals surface area contributed by atoms with Crippen molar-refractivity contribution in [2.45, 2.75) is 136 Å². The minimum atomic E-state index is -0.577. The summed E-state index contributed by atoms with van der Waals surface area (Å²) in [4.78, 5) is 11.4. The van der Waals surface area contributed by atoms with Crippen molar-refractivity contribution in [3.63, 3.8) is 0 Å². The summed E-state index contributed by atoms with van der Waals surface area (Å²) in [5.41, 5.74) is 0. The lowest BCUT2D eigenvalue weighted by Gasteiger charge is -2.19. The number of carboxylic acids is 1. The van der Waals surface area contributed by atoms with E-state index in [1.54, 1.807) is 0 Å². The van der Waals surface area contributed by atoms with E-state index in [9.17, 15) is 9.90 Å². The lowest BCUT2D eigenvalue weighted by Crippen LogP contribution is -2.18. The molecule has 0 amide bonds. The highest BCUT2D eigenvalue weighted by Gasteiger charge is 2.20. The number of hydrogen-bond acceptors (Lipinski definition) is 1. The number of carboxylic acid groups (broad SMARTS) is 1. The highest BCUT2D eigenvalue weighted by Crippen LogP contribution is 2.25. The summed E-state index contributed by atoms with van der Waals surface area (Å²) in [5, 5.41) is 9.42. The molecule has 0 radical (unpaired) electrons. The Bertz CT molecular complexity index is 301. The normalized spacial score (nSPS) is 13.7. The fraction of sp³-hybridized carbons (Fsp3) is 0.958. The van der Waals surface area contributed by atoms with Gasteiger partial charge in [0.2, 0.25) is 0 Å². The van der Waals surface area contributed by atoms with Gasteiger partial charge >= 0.3 is 5.97 Å². The molecule has 1 N–H and O–H groups in total. The number of rotatable bonds is 20. The molecule has 0 aromatic rings. The van der Waals surface area contributed by atoms with Crippen LogP contribution in [-0.2, 0) is 4.79 Å². The van der Waals surface area contributed by atoms with Gasteiger partial charge in [0.25, 0.3) is 0 Å². The molecule has 0 spiro atoms. The summed E-state index contributed by atoms with van der Waals surface area (Å²) in [6, 6.07) is 0. The Morgan fingerprint density at radius 3 is 1.54 bits per heavy atom. The molecule has 0 fully saturated rings. The molecule has 0 heterocycles. The van der Waals surface area contributed by atoms with E-state index in [0.717, 1.165) is 32.1 Å². The Morgan fingerprint density at radius 1 is 0.654 bits per heavy atom. The van der Waals surface area contributed by atoms with Gasteiger partial charge in [0.05, 0.1) is 5.92 Å². The quantitative estimate of drug-likeness (QED) is 0.219. The molecule has 2 atom stereocenters. The highest BCUT2D eigenvalue weighted by molar-refractivity contribution is 5.69. The van der Waals surface area contributed by atoms with Crippen LogP contribution in [0.1, 0.15) is 136 Å². The van der Waals surface area contributed by atoms with E-state index in [2.05, 4.69) is 20.8 Å². The smallest absolute Gasteiger partial charge is 0.306 e. The molecule has 0 saturated heterocycles. The lowest BCUT2D eigenvalue weighted by molar-refractivity contribution is -0.142. The predicted molar refractivity (Wildman–Crippen MR) is 115 cm³/mol. The maximum Gasteiger partial charge on any atom is 0.306 e. The lowest BCUT2D eigenvalue weighted by atomic mass is 9.86. The largest absolute Gasteiger partial charge is 0.481 e. The van der Waals surface area contributed by atoms with Gasteiger partial charge < -0.3 is 5.11 Å². The zero-order valence-corrected chi connectivity index (χ0v) is 18.2. The van der Waals surface area contributed by atoms with Crippen molar-refractivity contribution in [3.8, 4) is 0 Å². The van der Waals surface area contributed by atoms with Gasteiger partial charge in [0.15, 0.2) is 0 Å². The summed E-state index contributed by atoms with van der Waals surface area (Å²) in [7, 11) is 0. The minimum absolute atomic E-state index is 0.114. The predicted octanol–water partition coefficient (Wildman–Crippen LogP) is 8.38. The average Bonchev–Trinajstić information content (AvgIpc) is 2.64. The fourth-order valence-electron chi connectivity index (χ4n) is 3.96. The van der Waals surface area contributed by atoms with Crippen molar-refractivity contribution in [1.29, 1.82) is 0 Å². The van der Waals surface area contributed by atoms with Crippen LogP contribution in [0, 0.1) is 11.8 Å². The van der Waals surface area contributed by atoms with Crippen LogP contribution in [0.15, 0.2) is 0 Å². The van der Waals surface area contributed by atoms with Crippen LogP contribution in [0.4, 0.5) is 0 Å². The molecule has 156 valence electrons. The Kier molecular flexibility index (Phi) is 18.8. The summed E-state index contributed by atoms with van der Waals surface area (Å²) in [6.07, 6.45) is 22.9. The van der Waals surface area contributed by atoms with E-state index in [0.29, 0.717) is 5.92 Å². The van der Waals surface area contributed by atoms with Gasteiger partial charge in [-0.3, -0.25) is 4.79 Å². The van der Waals surface area contributed by atoms with Gasteiger partial charge in [-0.25, -0.2) is 0 Å². The molecule has 2 heteroatoms. The van der Waals surface area contributed by atoms with Crippen molar-refractivity contribution < 1.29 is 9.90 Å². The molecule has 0 aromatic carbocycles. The summed E-state index contributed by atoms with van der Waals surface area (Å²) < 4.78 is 0. The number of hydrogen-bond donors (Lipinski definition) is 1. The second kappa shape index (κ2) is 19.2. The zero-order chi connectivity index (χ0) is 19.5. The van der Waals surface area contributed by atoms with Crippen LogP contribution < -0.4 is 0 Å². The third-order valence-electron chi connectivity index (χ3n) is 5.92. The zero-order valence-electron chi connectivity index (χ0n) is 18.2. The average molecular weight is 369 g/mol. The highest BCUT2D eigenvalue weighted by atomic mass is 16.4. The molecule has 0 aromatic heterocycles. The van der Waals surface area contributed by atoms with Crippen molar-refractivity contribution in [3.05, 3.63) is 0 Å². The van der Waals surface area contributed by atoms with Crippen LogP contribution in [0.25, 0.3) is 0 Å². The van der Waals surface area contributed by atoms with Crippen LogP contribution in [0.5, 0.6) is 0 Å². The van der Waals surface area contributed by atoms with Crippen molar-refractivity contribution in [2.24, 2.45) is 11.8 Å². The van der Waals surface area contributed by atoms with Gasteiger partial charge in [-0.1, -0.05) is 124 Å². The van der Waals surface area contributed by atoms with E-state index in [1.807, 2.05) is 0 Å². The van der Waals surface area contributed by atoms with Gasteiger partial charge in [-0.05, 0) is 18.8 Å². The maximum absolute atomic E-state index is 11.4. The standard InChI is InChI=1S/C24H48O2/c1-4-7-9-10-11-12-13-14-15-16-17-18-19-22(6-3)21-23(24(25)26)20-8-5-2/h22-23H,4-21H2,1-3H3,(H,25,26). The number of unbranched alkanes of at least 4 members (excludes halogenated alkanes) is 12. The first kappa shape index (κ1) is 25.5. The Hall–Kier alpha value is -0.530. The van der Waals surface area contributed by atoms with Crippen molar-refractivity contribution >= 4 is 5.97 Å². The van der Waals surface area contributed by atoms with E-state index in [1.165, 1.54) is 83.5 Å². The van der Waals surface area contributed by atoms with Gasteiger partial charge in [0.1, 0.15) is 0 Å². The van der Waals surface area contributed by atoms with Crippen LogP contribution >= 0.6 is 0 Å². The maximum atomic E-state index is 11.4. The second-order valence-corrected chi connectivity index (χ2v) is 8.37. The van der Waals surface area contributed by atoms with E-state index >= 15 is 0 Å². The third kappa shape index (κ3) is 15.7. The molecule has 0 aliphatic carbocycles. The Labute approximate surface area is 164 Å². The summed E-state index contributed by atoms with van der Waals surface area (Å²) >= 11 is 0.